The van der Waals surface area contributed by atoms with Crippen LogP contribution >= 0.6 is 0 Å². The number of halogens is 1. The SMILES string of the molecule is O=Cc1ccc(F)c2c1NCC2C(=O)C(=O)O. The van der Waals surface area contributed by atoms with Gasteiger partial charge >= 0.3 is 5.97 Å². The number of carbonyl (C=O) groups is 3. The minimum Gasteiger partial charge on any atom is -0.475 e. The third-order valence-electron chi connectivity index (χ3n) is 2.71. The number of carbonyl (C=O) groups excluding carboxylic acids is 2. The molecule has 17 heavy (non-hydrogen) atoms. The predicted octanol–water partition coefficient (Wildman–Crippen LogP) is 0.801. The third kappa shape index (κ3) is 1.67. The summed E-state index contributed by atoms with van der Waals surface area (Å²) >= 11 is 0. The highest BCUT2D eigenvalue weighted by Crippen LogP contribution is 2.36. The fourth-order valence-corrected chi connectivity index (χ4v) is 1.93. The Morgan fingerprint density at radius 1 is 1.47 bits per heavy atom. The van der Waals surface area contributed by atoms with Gasteiger partial charge < -0.3 is 10.4 Å². The molecule has 5 nitrogen and oxygen atoms in total. The highest BCUT2D eigenvalue weighted by molar-refractivity contribution is 6.35. The Labute approximate surface area is 95.2 Å². The number of hydrogen-bond acceptors (Lipinski definition) is 4. The molecule has 1 aliphatic rings. The van der Waals surface area contributed by atoms with E-state index in [0.717, 1.165) is 6.07 Å². The lowest BCUT2D eigenvalue weighted by molar-refractivity contribution is -0.149. The molecule has 0 aromatic heterocycles. The number of ketones is 1. The van der Waals surface area contributed by atoms with Crippen LogP contribution in [0.25, 0.3) is 0 Å². The van der Waals surface area contributed by atoms with Crippen LogP contribution in [0.5, 0.6) is 0 Å². The molecule has 0 fully saturated rings. The lowest BCUT2D eigenvalue weighted by Crippen LogP contribution is -2.23. The fourth-order valence-electron chi connectivity index (χ4n) is 1.93. The second kappa shape index (κ2) is 3.97. The monoisotopic (exact) mass is 237 g/mol. The molecule has 2 rings (SSSR count). The number of hydrogen-bond donors (Lipinski definition) is 2. The van der Waals surface area contributed by atoms with Gasteiger partial charge in [-0.05, 0) is 12.1 Å². The first kappa shape index (κ1) is 11.3. The minimum atomic E-state index is -1.61. The Bertz CT molecular complexity index is 526. The molecule has 1 aliphatic heterocycles. The van der Waals surface area contributed by atoms with Crippen molar-refractivity contribution in [2.75, 3.05) is 11.9 Å². The summed E-state index contributed by atoms with van der Waals surface area (Å²) in [6.45, 7) is -0.0117. The first-order valence-electron chi connectivity index (χ1n) is 4.85. The van der Waals surface area contributed by atoms with Gasteiger partial charge in [-0.3, -0.25) is 9.59 Å². The van der Waals surface area contributed by atoms with E-state index < -0.39 is 23.5 Å². The number of aldehydes is 1. The van der Waals surface area contributed by atoms with E-state index in [1.165, 1.54) is 6.07 Å². The molecule has 0 saturated carbocycles. The van der Waals surface area contributed by atoms with E-state index in [2.05, 4.69) is 5.32 Å². The summed E-state index contributed by atoms with van der Waals surface area (Å²) in [6.07, 6.45) is 0.527. The van der Waals surface area contributed by atoms with Crippen molar-refractivity contribution in [3.63, 3.8) is 0 Å². The van der Waals surface area contributed by atoms with Crippen molar-refractivity contribution in [1.82, 2.24) is 0 Å². The topological polar surface area (TPSA) is 83.5 Å². The standard InChI is InChI=1S/C11H8FNO4/c12-7-2-1-5(4-14)9-8(7)6(3-13-9)10(15)11(16)17/h1-2,4,6,13H,3H2,(H,16,17). The molecule has 88 valence electrons. The number of benzene rings is 1. The average Bonchev–Trinajstić information content (AvgIpc) is 2.74. The van der Waals surface area contributed by atoms with Gasteiger partial charge in [0.15, 0.2) is 6.29 Å². The van der Waals surface area contributed by atoms with Crippen molar-refractivity contribution in [2.45, 2.75) is 5.92 Å². The molecule has 1 heterocycles. The van der Waals surface area contributed by atoms with E-state index in [1.54, 1.807) is 0 Å². The summed E-state index contributed by atoms with van der Waals surface area (Å²) in [5.41, 5.74) is 0.378. The van der Waals surface area contributed by atoms with E-state index in [-0.39, 0.29) is 23.4 Å². The first-order valence-corrected chi connectivity index (χ1v) is 4.85. The maximum Gasteiger partial charge on any atom is 0.372 e. The number of anilines is 1. The fraction of sp³-hybridized carbons (Fsp3) is 0.182. The Morgan fingerprint density at radius 3 is 2.76 bits per heavy atom. The molecule has 1 unspecified atom stereocenters. The van der Waals surface area contributed by atoms with Crippen molar-refractivity contribution in [3.05, 3.63) is 29.1 Å². The summed E-state index contributed by atoms with van der Waals surface area (Å²) < 4.78 is 13.6. The molecule has 0 amide bonds. The smallest absolute Gasteiger partial charge is 0.372 e. The highest BCUT2D eigenvalue weighted by atomic mass is 19.1. The predicted molar refractivity (Wildman–Crippen MR) is 55.7 cm³/mol. The summed E-state index contributed by atoms with van der Waals surface area (Å²) in [7, 11) is 0. The molecule has 1 aromatic carbocycles. The van der Waals surface area contributed by atoms with Gasteiger partial charge in [0.25, 0.3) is 0 Å². The molecule has 1 aromatic rings. The third-order valence-corrected chi connectivity index (χ3v) is 2.71. The summed E-state index contributed by atoms with van der Waals surface area (Å²) in [5, 5.41) is 11.3. The second-order valence-electron chi connectivity index (χ2n) is 3.65. The highest BCUT2D eigenvalue weighted by Gasteiger charge is 2.36. The van der Waals surface area contributed by atoms with Gasteiger partial charge in [-0.2, -0.15) is 0 Å². The number of carboxylic acid groups (broad SMARTS) is 1. The quantitative estimate of drug-likeness (QED) is 0.600. The van der Waals surface area contributed by atoms with Crippen LogP contribution in [0, 0.1) is 5.82 Å². The zero-order chi connectivity index (χ0) is 12.6. The number of carboxylic acids is 1. The van der Waals surface area contributed by atoms with Crippen LogP contribution in [0.1, 0.15) is 21.8 Å². The van der Waals surface area contributed by atoms with E-state index >= 15 is 0 Å². The maximum absolute atomic E-state index is 13.6. The Kier molecular flexibility index (Phi) is 2.63. The zero-order valence-electron chi connectivity index (χ0n) is 8.57. The van der Waals surface area contributed by atoms with Gasteiger partial charge in [-0.15, -0.1) is 0 Å². The van der Waals surface area contributed by atoms with Gasteiger partial charge in [-0.25, -0.2) is 9.18 Å². The number of fused-ring (bicyclic) bond motifs is 1. The molecule has 0 bridgehead atoms. The zero-order valence-corrected chi connectivity index (χ0v) is 8.57. The molecule has 0 aliphatic carbocycles. The van der Waals surface area contributed by atoms with Crippen LogP contribution in [0.3, 0.4) is 0 Å². The van der Waals surface area contributed by atoms with E-state index in [1.807, 2.05) is 0 Å². The lowest BCUT2D eigenvalue weighted by atomic mass is 9.95. The van der Waals surface area contributed by atoms with E-state index in [9.17, 15) is 18.8 Å². The second-order valence-corrected chi connectivity index (χ2v) is 3.65. The van der Waals surface area contributed by atoms with E-state index in [0.29, 0.717) is 6.29 Å². The normalized spacial score (nSPS) is 17.1. The summed E-state index contributed by atoms with van der Waals surface area (Å²) in [5.74, 6) is -4.46. The molecular formula is C11H8FNO4. The van der Waals surface area contributed by atoms with Gasteiger partial charge in [0, 0.05) is 17.7 Å². The lowest BCUT2D eigenvalue weighted by Gasteiger charge is -2.07. The first-order chi connectivity index (χ1) is 8.06. The maximum atomic E-state index is 13.6. The van der Waals surface area contributed by atoms with Crippen LogP contribution < -0.4 is 5.32 Å². The van der Waals surface area contributed by atoms with Crippen molar-refractivity contribution >= 4 is 23.7 Å². The Morgan fingerprint density at radius 2 is 2.18 bits per heavy atom. The molecule has 0 spiro atoms. The number of Topliss-reactive ketones (excluding diaryl/α,β-unsaturated/α-hetero) is 1. The van der Waals surface area contributed by atoms with Crippen molar-refractivity contribution < 1.29 is 23.9 Å². The van der Waals surface area contributed by atoms with Crippen LogP contribution in [-0.2, 0) is 9.59 Å². The number of rotatable bonds is 3. The van der Waals surface area contributed by atoms with Crippen LogP contribution in [0.2, 0.25) is 0 Å². The van der Waals surface area contributed by atoms with Crippen molar-refractivity contribution in [3.8, 4) is 0 Å². The average molecular weight is 237 g/mol. The van der Waals surface area contributed by atoms with Gasteiger partial charge in [0.1, 0.15) is 5.82 Å². The Hall–Kier alpha value is -2.24. The van der Waals surface area contributed by atoms with Gasteiger partial charge in [-0.1, -0.05) is 0 Å². The summed E-state index contributed by atoms with van der Waals surface area (Å²) in [4.78, 5) is 32.7. The van der Waals surface area contributed by atoms with Gasteiger partial charge in [0.2, 0.25) is 5.78 Å². The minimum absolute atomic E-state index is 0.0117. The molecule has 0 saturated heterocycles. The van der Waals surface area contributed by atoms with Crippen LogP contribution in [0.4, 0.5) is 10.1 Å². The summed E-state index contributed by atoms with van der Waals surface area (Å²) in [6, 6.07) is 2.33. The van der Waals surface area contributed by atoms with Gasteiger partial charge in [0.05, 0.1) is 11.6 Å². The molecule has 1 atom stereocenters. The largest absolute Gasteiger partial charge is 0.475 e. The van der Waals surface area contributed by atoms with Crippen LogP contribution in [-0.4, -0.2) is 29.7 Å². The number of aliphatic carboxylic acids is 1. The number of nitrogens with one attached hydrogen (secondary N) is 1. The van der Waals surface area contributed by atoms with Crippen molar-refractivity contribution in [1.29, 1.82) is 0 Å². The van der Waals surface area contributed by atoms with E-state index in [4.69, 9.17) is 5.11 Å². The molecule has 0 radical (unpaired) electrons. The van der Waals surface area contributed by atoms with Crippen LogP contribution in [0.15, 0.2) is 12.1 Å². The Balaban J connectivity index is 2.54. The molecule has 2 N–H and O–H groups in total. The van der Waals surface area contributed by atoms with Crippen molar-refractivity contribution in [2.24, 2.45) is 0 Å². The molecular weight excluding hydrogens is 229 g/mol. The molecule has 6 heteroatoms.